The van der Waals surface area contributed by atoms with Crippen LogP contribution in [-0.4, -0.2) is 30.8 Å². The van der Waals surface area contributed by atoms with E-state index in [4.69, 9.17) is 4.74 Å². The first-order chi connectivity index (χ1) is 18.4. The fourth-order valence-corrected chi connectivity index (χ4v) is 4.74. The van der Waals surface area contributed by atoms with Crippen molar-refractivity contribution in [2.75, 3.05) is 6.54 Å². The molecule has 5 nitrogen and oxygen atoms in total. The molecule has 0 aromatic heterocycles. The molecule has 2 atom stereocenters. The Labute approximate surface area is 225 Å². The lowest BCUT2D eigenvalue weighted by molar-refractivity contribution is -0.274. The Morgan fingerprint density at radius 3 is 1.95 bits per heavy atom. The van der Waals surface area contributed by atoms with Crippen LogP contribution in [0.15, 0.2) is 78.9 Å². The minimum absolute atomic E-state index is 0.0538. The molecule has 1 aliphatic carbocycles. The number of rotatable bonds is 10. The standard InChI is InChI=1S/C28H28F5N2O3P/c29-27(30,31)37-23-13-4-9-20(15-23)26(17-19-7-2-1-3-8-19,18-34-25(36)35-22-11-6-12-22)21-10-5-14-24(16-21)38-28(32,33)39/h1-5,7-10,13-16,22H,6,11-12,17-18,39H2,(H2,34,35,36). The zero-order valence-electron chi connectivity index (χ0n) is 20.8. The number of hydrogen-bond donors (Lipinski definition) is 2. The molecule has 4 rings (SSSR count). The number of halogens is 5. The van der Waals surface area contributed by atoms with Gasteiger partial charge in [-0.05, 0) is 75.9 Å². The van der Waals surface area contributed by atoms with Crippen LogP contribution < -0.4 is 20.1 Å². The summed E-state index contributed by atoms with van der Waals surface area (Å²) >= 11 is 0. The van der Waals surface area contributed by atoms with Gasteiger partial charge in [0.15, 0.2) is 0 Å². The molecule has 2 unspecified atom stereocenters. The molecule has 0 heterocycles. The van der Waals surface area contributed by atoms with Gasteiger partial charge in [-0.3, -0.25) is 0 Å². The van der Waals surface area contributed by atoms with Crippen molar-refractivity contribution in [3.63, 3.8) is 0 Å². The SMILES string of the molecule is O=C(NCC(Cc1ccccc1)(c1cccc(OC(F)(F)F)c1)c1cccc(OC(F)(F)P)c1)NC1CCC1. The van der Waals surface area contributed by atoms with Crippen molar-refractivity contribution in [2.24, 2.45) is 0 Å². The minimum atomic E-state index is -4.92. The molecular formula is C28H28F5N2O3P. The normalized spacial score (nSPS) is 15.5. The molecule has 1 fully saturated rings. The van der Waals surface area contributed by atoms with Crippen molar-refractivity contribution < 1.29 is 36.2 Å². The van der Waals surface area contributed by atoms with Crippen LogP contribution in [0.3, 0.4) is 0 Å². The number of carbonyl (C=O) groups excluding carboxylic acids is 1. The second kappa shape index (κ2) is 11.8. The third kappa shape index (κ3) is 8.05. The van der Waals surface area contributed by atoms with E-state index in [0.29, 0.717) is 11.1 Å². The van der Waals surface area contributed by atoms with Crippen molar-refractivity contribution >= 4 is 15.3 Å². The third-order valence-electron chi connectivity index (χ3n) is 6.60. The van der Waals surface area contributed by atoms with E-state index in [1.807, 2.05) is 30.3 Å². The summed E-state index contributed by atoms with van der Waals surface area (Å²) in [5.41, 5.74) is 0.445. The molecule has 3 aromatic carbocycles. The van der Waals surface area contributed by atoms with Crippen molar-refractivity contribution in [2.45, 2.75) is 49.4 Å². The molecule has 2 amide bonds. The molecule has 2 N–H and O–H groups in total. The number of benzene rings is 3. The molecule has 3 aromatic rings. The van der Waals surface area contributed by atoms with Crippen LogP contribution >= 0.6 is 9.24 Å². The molecule has 0 aliphatic heterocycles. The monoisotopic (exact) mass is 566 g/mol. The van der Waals surface area contributed by atoms with Gasteiger partial charge in [0.05, 0.1) is 0 Å². The Hall–Kier alpha value is -3.39. The highest BCUT2D eigenvalue weighted by Gasteiger charge is 2.38. The van der Waals surface area contributed by atoms with Crippen LogP contribution in [0.4, 0.5) is 26.7 Å². The van der Waals surface area contributed by atoms with Gasteiger partial charge in [-0.25, -0.2) is 4.79 Å². The molecule has 208 valence electrons. The Balaban J connectivity index is 1.82. The van der Waals surface area contributed by atoms with Crippen LogP contribution in [-0.2, 0) is 11.8 Å². The van der Waals surface area contributed by atoms with E-state index in [2.05, 4.69) is 15.4 Å². The minimum Gasteiger partial charge on any atom is -0.430 e. The van der Waals surface area contributed by atoms with E-state index in [9.17, 15) is 26.7 Å². The highest BCUT2D eigenvalue weighted by atomic mass is 31.0. The summed E-state index contributed by atoms with van der Waals surface area (Å²) in [4.78, 5) is 12.8. The van der Waals surface area contributed by atoms with E-state index in [1.54, 1.807) is 12.1 Å². The second-order valence-corrected chi connectivity index (χ2v) is 10.1. The molecule has 39 heavy (non-hydrogen) atoms. The van der Waals surface area contributed by atoms with Gasteiger partial charge in [-0.1, -0.05) is 54.6 Å². The highest BCUT2D eigenvalue weighted by Crippen LogP contribution is 2.40. The van der Waals surface area contributed by atoms with E-state index in [1.165, 1.54) is 45.6 Å². The molecule has 0 radical (unpaired) electrons. The maximum Gasteiger partial charge on any atom is 0.573 e. The Bertz CT molecular complexity index is 1200. The summed E-state index contributed by atoms with van der Waals surface area (Å²) in [6, 6.07) is 20.2. The first kappa shape index (κ1) is 28.6. The van der Waals surface area contributed by atoms with E-state index < -0.39 is 29.4 Å². The molecule has 0 bridgehead atoms. The van der Waals surface area contributed by atoms with E-state index in [-0.39, 0.29) is 24.8 Å². The summed E-state index contributed by atoms with van der Waals surface area (Å²) in [6.07, 6.45) is -1.96. The lowest BCUT2D eigenvalue weighted by Gasteiger charge is -2.37. The first-order valence-corrected chi connectivity index (χ1v) is 12.9. The molecular weight excluding hydrogens is 538 g/mol. The maximum absolute atomic E-state index is 13.7. The summed E-state index contributed by atoms with van der Waals surface area (Å²) in [6.45, 7) is -0.0589. The largest absolute Gasteiger partial charge is 0.573 e. The van der Waals surface area contributed by atoms with Crippen molar-refractivity contribution in [1.82, 2.24) is 10.6 Å². The number of carbonyl (C=O) groups is 1. The van der Waals surface area contributed by atoms with Crippen LogP contribution in [0.2, 0.25) is 0 Å². The number of ether oxygens (including phenoxy) is 2. The van der Waals surface area contributed by atoms with Crippen LogP contribution in [0.1, 0.15) is 36.0 Å². The number of amides is 2. The highest BCUT2D eigenvalue weighted by molar-refractivity contribution is 7.17. The molecule has 1 saturated carbocycles. The predicted octanol–water partition coefficient (Wildman–Crippen LogP) is 6.77. The average molecular weight is 567 g/mol. The average Bonchev–Trinajstić information content (AvgIpc) is 2.83. The van der Waals surface area contributed by atoms with Crippen LogP contribution in [0.25, 0.3) is 0 Å². The van der Waals surface area contributed by atoms with Crippen molar-refractivity contribution in [3.8, 4) is 11.5 Å². The molecule has 0 spiro atoms. The quantitative estimate of drug-likeness (QED) is 0.210. The smallest absolute Gasteiger partial charge is 0.430 e. The van der Waals surface area contributed by atoms with Crippen LogP contribution in [0, 0.1) is 0 Å². The topological polar surface area (TPSA) is 59.6 Å². The van der Waals surface area contributed by atoms with Gasteiger partial charge in [-0.15, -0.1) is 13.2 Å². The Kier molecular flexibility index (Phi) is 8.64. The van der Waals surface area contributed by atoms with Gasteiger partial charge in [0.2, 0.25) is 0 Å². The zero-order chi connectivity index (χ0) is 28.1. The number of urea groups is 1. The van der Waals surface area contributed by atoms with Gasteiger partial charge in [-0.2, -0.15) is 8.78 Å². The first-order valence-electron chi connectivity index (χ1n) is 12.3. The fraction of sp³-hybridized carbons (Fsp3) is 0.321. The van der Waals surface area contributed by atoms with E-state index >= 15 is 0 Å². The fourth-order valence-electron chi connectivity index (χ4n) is 4.61. The molecule has 0 saturated heterocycles. The zero-order valence-corrected chi connectivity index (χ0v) is 22.0. The summed E-state index contributed by atoms with van der Waals surface area (Å²) in [5, 5.41) is 5.76. The van der Waals surface area contributed by atoms with Gasteiger partial charge in [0, 0.05) is 18.0 Å². The number of hydrogen-bond acceptors (Lipinski definition) is 3. The number of nitrogens with one attached hydrogen (secondary N) is 2. The van der Waals surface area contributed by atoms with E-state index in [0.717, 1.165) is 24.8 Å². The molecule has 1 aliphatic rings. The van der Waals surface area contributed by atoms with Crippen molar-refractivity contribution in [3.05, 3.63) is 95.6 Å². The van der Waals surface area contributed by atoms with Gasteiger partial charge in [0.1, 0.15) is 11.5 Å². The van der Waals surface area contributed by atoms with Crippen molar-refractivity contribution in [1.29, 1.82) is 0 Å². The lowest BCUT2D eigenvalue weighted by atomic mass is 9.70. The van der Waals surface area contributed by atoms with Gasteiger partial charge < -0.3 is 20.1 Å². The summed E-state index contributed by atoms with van der Waals surface area (Å²) in [7, 11) is 1.30. The Morgan fingerprint density at radius 2 is 1.44 bits per heavy atom. The van der Waals surface area contributed by atoms with Gasteiger partial charge in [0.25, 0.3) is 0 Å². The lowest BCUT2D eigenvalue weighted by Crippen LogP contribution is -2.50. The van der Waals surface area contributed by atoms with Crippen LogP contribution in [0.5, 0.6) is 11.5 Å². The maximum atomic E-state index is 13.7. The third-order valence-corrected chi connectivity index (χ3v) is 6.72. The summed E-state index contributed by atoms with van der Waals surface area (Å²) < 4.78 is 75.6. The predicted molar refractivity (Wildman–Crippen MR) is 140 cm³/mol. The molecule has 11 heteroatoms. The Morgan fingerprint density at radius 1 is 0.846 bits per heavy atom. The second-order valence-electron chi connectivity index (χ2n) is 9.47. The number of alkyl halides is 5. The summed E-state index contributed by atoms with van der Waals surface area (Å²) in [5.74, 6) is -4.13. The van der Waals surface area contributed by atoms with Gasteiger partial charge >= 0.3 is 18.2 Å².